The van der Waals surface area contributed by atoms with Crippen molar-refractivity contribution in [2.75, 3.05) is 19.6 Å². The number of amides is 2. The highest BCUT2D eigenvalue weighted by Crippen LogP contribution is 2.26. The van der Waals surface area contributed by atoms with Crippen LogP contribution in [-0.2, 0) is 17.8 Å². The van der Waals surface area contributed by atoms with Crippen LogP contribution >= 0.6 is 0 Å². The quantitative estimate of drug-likeness (QED) is 0.855. The van der Waals surface area contributed by atoms with Gasteiger partial charge in [-0.15, -0.1) is 0 Å². The van der Waals surface area contributed by atoms with Gasteiger partial charge < -0.3 is 14.8 Å². The molecule has 2 amide bonds. The second-order valence-corrected chi connectivity index (χ2v) is 7.51. The molecule has 4 rings (SSSR count). The Morgan fingerprint density at radius 3 is 2.79 bits per heavy atom. The maximum absolute atomic E-state index is 14.0. The number of H-pyrrole nitrogens is 1. The lowest BCUT2D eigenvalue weighted by molar-refractivity contribution is -0.129. The summed E-state index contributed by atoms with van der Waals surface area (Å²) in [5.74, 6) is -0.344. The van der Waals surface area contributed by atoms with Crippen molar-refractivity contribution in [2.45, 2.75) is 38.6 Å². The molecule has 0 aliphatic carbocycles. The van der Waals surface area contributed by atoms with E-state index in [1.165, 1.54) is 17.0 Å². The molecule has 1 aromatic carbocycles. The first-order valence-corrected chi connectivity index (χ1v) is 9.91. The number of benzene rings is 1. The van der Waals surface area contributed by atoms with E-state index in [4.69, 9.17) is 0 Å². The van der Waals surface area contributed by atoms with Gasteiger partial charge in [0.05, 0.1) is 17.8 Å². The molecule has 2 aliphatic heterocycles. The van der Waals surface area contributed by atoms with E-state index >= 15 is 0 Å². The Bertz CT molecular complexity index is 1020. The smallest absolute Gasteiger partial charge is 0.257 e. The molecule has 152 valence electrons. The minimum atomic E-state index is -0.561. The third-order valence-corrected chi connectivity index (χ3v) is 5.71. The van der Waals surface area contributed by atoms with E-state index in [2.05, 4.69) is 9.97 Å². The molecule has 0 spiro atoms. The Hall–Kier alpha value is -3.03. The Morgan fingerprint density at radius 1 is 1.24 bits per heavy atom. The summed E-state index contributed by atoms with van der Waals surface area (Å²) in [6.07, 6.45) is 1.57. The van der Waals surface area contributed by atoms with Gasteiger partial charge in [-0.2, -0.15) is 0 Å². The number of halogens is 1. The zero-order chi connectivity index (χ0) is 20.5. The third kappa shape index (κ3) is 3.66. The minimum absolute atomic E-state index is 0.0190. The fraction of sp³-hybridized carbons (Fsp3) is 0.429. The largest absolute Gasteiger partial charge is 0.342 e. The number of hydrogen-bond donors (Lipinski definition) is 1. The third-order valence-electron chi connectivity index (χ3n) is 5.71. The molecule has 2 aliphatic rings. The summed E-state index contributed by atoms with van der Waals surface area (Å²) in [5.41, 5.74) is 0.958. The summed E-state index contributed by atoms with van der Waals surface area (Å²) in [4.78, 5) is 48.1. The summed E-state index contributed by atoms with van der Waals surface area (Å²) >= 11 is 0. The molecule has 1 N–H and O–H groups in total. The predicted octanol–water partition coefficient (Wildman–Crippen LogP) is 1.83. The van der Waals surface area contributed by atoms with Crippen molar-refractivity contribution in [1.82, 2.24) is 19.8 Å². The van der Waals surface area contributed by atoms with Crippen LogP contribution in [0.2, 0.25) is 0 Å². The highest BCUT2D eigenvalue weighted by molar-refractivity contribution is 5.94. The molecule has 0 bridgehead atoms. The number of carbonyl (C=O) groups is 2. The summed E-state index contributed by atoms with van der Waals surface area (Å²) < 4.78 is 14.0. The SMILES string of the molecule is CCC(=O)N1CC[C@@H](c2nc3c(c(=O)[nH]2)CCN(C(=O)c2ccccc2F)C3)C1. The van der Waals surface area contributed by atoms with E-state index in [1.54, 1.807) is 17.0 Å². The molecule has 0 saturated carbocycles. The number of aromatic amines is 1. The van der Waals surface area contributed by atoms with Gasteiger partial charge in [-0.1, -0.05) is 19.1 Å². The second kappa shape index (κ2) is 7.77. The van der Waals surface area contributed by atoms with Crippen LogP contribution in [0.3, 0.4) is 0 Å². The molecule has 0 radical (unpaired) electrons. The van der Waals surface area contributed by atoms with Crippen LogP contribution in [0.25, 0.3) is 0 Å². The number of aromatic nitrogens is 2. The molecule has 2 aromatic rings. The topological polar surface area (TPSA) is 86.4 Å². The molecule has 1 atom stereocenters. The number of carbonyl (C=O) groups excluding carboxylic acids is 2. The molecule has 7 nitrogen and oxygen atoms in total. The van der Waals surface area contributed by atoms with Crippen LogP contribution in [-0.4, -0.2) is 51.2 Å². The van der Waals surface area contributed by atoms with Gasteiger partial charge in [0, 0.05) is 37.5 Å². The van der Waals surface area contributed by atoms with Gasteiger partial charge in [0.15, 0.2) is 0 Å². The molecule has 29 heavy (non-hydrogen) atoms. The normalized spacial score (nSPS) is 18.6. The van der Waals surface area contributed by atoms with Crippen LogP contribution < -0.4 is 5.56 Å². The lowest BCUT2D eigenvalue weighted by Gasteiger charge is -2.28. The standard InChI is InChI=1S/C21H23FN4O3/c1-2-18(27)25-9-7-13(11-25)19-23-17-12-26(10-8-15(17)20(28)24-19)21(29)14-5-3-4-6-16(14)22/h3-6,13H,2,7-12H2,1H3,(H,23,24,28)/t13-/m1/s1. The molecular weight excluding hydrogens is 375 g/mol. The van der Waals surface area contributed by atoms with Crippen molar-refractivity contribution in [1.29, 1.82) is 0 Å². The maximum atomic E-state index is 14.0. The Balaban J connectivity index is 1.57. The number of likely N-dealkylation sites (tertiary alicyclic amines) is 1. The number of hydrogen-bond acceptors (Lipinski definition) is 4. The van der Waals surface area contributed by atoms with Crippen molar-refractivity contribution in [3.05, 3.63) is 63.1 Å². The van der Waals surface area contributed by atoms with E-state index < -0.39 is 11.7 Å². The zero-order valence-corrected chi connectivity index (χ0v) is 16.3. The summed E-state index contributed by atoms with van der Waals surface area (Å²) in [7, 11) is 0. The van der Waals surface area contributed by atoms with Crippen molar-refractivity contribution in [3.8, 4) is 0 Å². The van der Waals surface area contributed by atoms with Crippen molar-refractivity contribution in [2.24, 2.45) is 0 Å². The zero-order valence-electron chi connectivity index (χ0n) is 16.3. The summed E-state index contributed by atoms with van der Waals surface area (Å²) in [6, 6.07) is 5.88. The Morgan fingerprint density at radius 2 is 2.03 bits per heavy atom. The van der Waals surface area contributed by atoms with Gasteiger partial charge in [-0.05, 0) is 25.0 Å². The average molecular weight is 398 g/mol. The van der Waals surface area contributed by atoms with E-state index in [1.807, 2.05) is 6.92 Å². The van der Waals surface area contributed by atoms with E-state index in [9.17, 15) is 18.8 Å². The van der Waals surface area contributed by atoms with E-state index in [0.717, 1.165) is 6.42 Å². The molecule has 8 heteroatoms. The second-order valence-electron chi connectivity index (χ2n) is 7.51. The van der Waals surface area contributed by atoms with Crippen molar-refractivity contribution < 1.29 is 14.0 Å². The fourth-order valence-corrected chi connectivity index (χ4v) is 4.06. The van der Waals surface area contributed by atoms with Crippen LogP contribution in [0, 0.1) is 5.82 Å². The molecule has 3 heterocycles. The lowest BCUT2D eigenvalue weighted by atomic mass is 10.0. The highest BCUT2D eigenvalue weighted by atomic mass is 19.1. The summed E-state index contributed by atoms with van der Waals surface area (Å²) in [6.45, 7) is 3.52. The van der Waals surface area contributed by atoms with Crippen molar-refractivity contribution >= 4 is 11.8 Å². The minimum Gasteiger partial charge on any atom is -0.342 e. The van der Waals surface area contributed by atoms with Crippen LogP contribution in [0.5, 0.6) is 0 Å². The van der Waals surface area contributed by atoms with Crippen LogP contribution in [0.15, 0.2) is 29.1 Å². The molecule has 1 aromatic heterocycles. The van der Waals surface area contributed by atoms with E-state index in [-0.39, 0.29) is 29.5 Å². The van der Waals surface area contributed by atoms with Crippen LogP contribution in [0.4, 0.5) is 4.39 Å². The monoisotopic (exact) mass is 398 g/mol. The maximum Gasteiger partial charge on any atom is 0.257 e. The highest BCUT2D eigenvalue weighted by Gasteiger charge is 2.31. The van der Waals surface area contributed by atoms with Gasteiger partial charge >= 0.3 is 0 Å². The van der Waals surface area contributed by atoms with E-state index in [0.29, 0.717) is 49.6 Å². The molecule has 1 saturated heterocycles. The average Bonchev–Trinajstić information content (AvgIpc) is 3.23. The predicted molar refractivity (Wildman–Crippen MR) is 104 cm³/mol. The van der Waals surface area contributed by atoms with Crippen molar-refractivity contribution in [3.63, 3.8) is 0 Å². The number of nitrogens with zero attached hydrogens (tertiary/aromatic N) is 3. The van der Waals surface area contributed by atoms with Gasteiger partial charge in [0.2, 0.25) is 5.91 Å². The number of nitrogens with one attached hydrogen (secondary N) is 1. The summed E-state index contributed by atoms with van der Waals surface area (Å²) in [5, 5.41) is 0. The number of rotatable bonds is 3. The lowest BCUT2D eigenvalue weighted by Crippen LogP contribution is -2.40. The van der Waals surface area contributed by atoms with Gasteiger partial charge in [-0.3, -0.25) is 14.4 Å². The molecule has 0 unspecified atom stereocenters. The van der Waals surface area contributed by atoms with Gasteiger partial charge in [-0.25, -0.2) is 9.37 Å². The first-order valence-electron chi connectivity index (χ1n) is 9.91. The molecular formula is C21H23FN4O3. The first-order chi connectivity index (χ1) is 14.0. The fourth-order valence-electron chi connectivity index (χ4n) is 4.06. The van der Waals surface area contributed by atoms with Crippen LogP contribution in [0.1, 0.15) is 53.1 Å². The van der Waals surface area contributed by atoms with Gasteiger partial charge in [0.1, 0.15) is 11.6 Å². The number of fused-ring (bicyclic) bond motifs is 1. The Kier molecular flexibility index (Phi) is 5.17. The van der Waals surface area contributed by atoms with Gasteiger partial charge in [0.25, 0.3) is 11.5 Å². The Labute approximate surface area is 167 Å². The molecule has 1 fully saturated rings. The first kappa shape index (κ1) is 19.3.